The van der Waals surface area contributed by atoms with Crippen LogP contribution in [0.2, 0.25) is 18.1 Å². The van der Waals surface area contributed by atoms with E-state index in [2.05, 4.69) is 87.5 Å². The average molecular weight is 435 g/mol. The van der Waals surface area contributed by atoms with Crippen molar-refractivity contribution in [1.82, 2.24) is 0 Å². The number of carbonyl (C=O) groups excluding carboxylic acids is 1. The van der Waals surface area contributed by atoms with Crippen LogP contribution < -0.4 is 0 Å². The van der Waals surface area contributed by atoms with Crippen molar-refractivity contribution in [3.05, 3.63) is 35.9 Å². The smallest absolute Gasteiger partial charge is 0.192 e. The Morgan fingerprint density at radius 1 is 0.967 bits per heavy atom. The largest absolute Gasteiger partial charge is 0.413 e. The summed E-state index contributed by atoms with van der Waals surface area (Å²) in [6.07, 6.45) is -0.146. The summed E-state index contributed by atoms with van der Waals surface area (Å²) in [6, 6.07) is 10.2. The first kappa shape index (κ1) is 27.1. The number of ether oxygens (including phenoxy) is 1. The van der Waals surface area contributed by atoms with Gasteiger partial charge in [0, 0.05) is 17.3 Å². The Balaban J connectivity index is 3.02. The van der Waals surface area contributed by atoms with Crippen LogP contribution in [0.3, 0.4) is 0 Å². The van der Waals surface area contributed by atoms with Crippen LogP contribution in [-0.4, -0.2) is 26.8 Å². The highest BCUT2D eigenvalue weighted by molar-refractivity contribution is 6.74. The second kappa shape index (κ2) is 10.6. The van der Waals surface area contributed by atoms with Gasteiger partial charge in [0.2, 0.25) is 0 Å². The Kier molecular flexibility index (Phi) is 9.53. The molecule has 172 valence electrons. The number of hydrogen-bond acceptors (Lipinski definition) is 3. The van der Waals surface area contributed by atoms with Crippen LogP contribution in [0, 0.1) is 23.2 Å². The summed E-state index contributed by atoms with van der Waals surface area (Å²) in [5, 5.41) is 0.0895. The third-order valence-electron chi connectivity index (χ3n) is 7.27. The van der Waals surface area contributed by atoms with Crippen LogP contribution in [0.5, 0.6) is 0 Å². The lowest BCUT2D eigenvalue weighted by atomic mass is 9.71. The third kappa shape index (κ3) is 7.03. The zero-order chi connectivity index (χ0) is 23.3. The molecule has 4 heteroatoms. The van der Waals surface area contributed by atoms with Gasteiger partial charge in [0.25, 0.3) is 0 Å². The van der Waals surface area contributed by atoms with E-state index in [1.807, 2.05) is 18.2 Å². The predicted octanol–water partition coefficient (Wildman–Crippen LogP) is 7.12. The molecule has 1 aromatic carbocycles. The van der Waals surface area contributed by atoms with Gasteiger partial charge in [-0.25, -0.2) is 0 Å². The van der Waals surface area contributed by atoms with Gasteiger partial charge in [-0.1, -0.05) is 92.6 Å². The van der Waals surface area contributed by atoms with Gasteiger partial charge in [0.15, 0.2) is 8.32 Å². The van der Waals surface area contributed by atoms with Crippen LogP contribution in [0.1, 0.15) is 67.9 Å². The summed E-state index contributed by atoms with van der Waals surface area (Å²) in [5.41, 5.74) is 0.788. The van der Waals surface area contributed by atoms with Gasteiger partial charge in [-0.2, -0.15) is 0 Å². The minimum absolute atomic E-state index is 0.0895. The van der Waals surface area contributed by atoms with Gasteiger partial charge in [-0.05, 0) is 29.6 Å². The molecule has 0 aromatic heterocycles. The first-order valence-electron chi connectivity index (χ1n) is 11.4. The summed E-state index contributed by atoms with van der Waals surface area (Å²) < 4.78 is 12.9. The lowest BCUT2D eigenvalue weighted by Gasteiger charge is -2.44. The zero-order valence-electron chi connectivity index (χ0n) is 21.3. The average Bonchev–Trinajstić information content (AvgIpc) is 2.64. The predicted molar refractivity (Wildman–Crippen MR) is 130 cm³/mol. The molecule has 1 rings (SSSR count). The Hall–Kier alpha value is -0.973. The van der Waals surface area contributed by atoms with Crippen molar-refractivity contribution in [3.8, 4) is 0 Å². The van der Waals surface area contributed by atoms with Gasteiger partial charge >= 0.3 is 0 Å². The summed E-state index contributed by atoms with van der Waals surface area (Å²) in [4.78, 5) is 13.5. The first-order valence-corrected chi connectivity index (χ1v) is 14.4. The fourth-order valence-electron chi connectivity index (χ4n) is 3.28. The van der Waals surface area contributed by atoms with Crippen LogP contribution in [0.4, 0.5) is 0 Å². The molecule has 0 amide bonds. The second-order valence-electron chi connectivity index (χ2n) is 11.4. The second-order valence-corrected chi connectivity index (χ2v) is 16.1. The Bertz CT molecular complexity index is 659. The van der Waals surface area contributed by atoms with E-state index in [0.29, 0.717) is 13.2 Å². The van der Waals surface area contributed by atoms with E-state index < -0.39 is 8.32 Å². The maximum Gasteiger partial charge on any atom is 0.192 e. The molecule has 0 spiro atoms. The van der Waals surface area contributed by atoms with E-state index in [0.717, 1.165) is 5.56 Å². The van der Waals surface area contributed by atoms with E-state index >= 15 is 0 Å². The molecule has 0 unspecified atom stereocenters. The molecule has 0 saturated carbocycles. The van der Waals surface area contributed by atoms with Crippen LogP contribution in [0.25, 0.3) is 0 Å². The van der Waals surface area contributed by atoms with Crippen molar-refractivity contribution in [2.75, 3.05) is 6.61 Å². The molecule has 0 fully saturated rings. The van der Waals surface area contributed by atoms with Gasteiger partial charge < -0.3 is 9.16 Å². The Morgan fingerprint density at radius 3 is 1.97 bits per heavy atom. The van der Waals surface area contributed by atoms with Crippen molar-refractivity contribution in [2.45, 2.75) is 93.2 Å². The number of hydrogen-bond donors (Lipinski definition) is 0. The van der Waals surface area contributed by atoms with E-state index in [-0.39, 0.29) is 40.1 Å². The van der Waals surface area contributed by atoms with Crippen molar-refractivity contribution in [2.24, 2.45) is 23.2 Å². The van der Waals surface area contributed by atoms with Gasteiger partial charge in [0.05, 0.1) is 19.3 Å². The number of Topliss-reactive ketones (excluding diaryl/α,β-unsaturated/α-hetero) is 1. The molecule has 0 saturated heterocycles. The van der Waals surface area contributed by atoms with E-state index in [9.17, 15) is 4.79 Å². The number of benzene rings is 1. The number of carbonyl (C=O) groups is 1. The van der Waals surface area contributed by atoms with Crippen LogP contribution in [-0.2, 0) is 20.6 Å². The summed E-state index contributed by atoms with van der Waals surface area (Å²) >= 11 is 0. The first-order chi connectivity index (χ1) is 13.6. The summed E-state index contributed by atoms with van der Waals surface area (Å²) in [7, 11) is -2.04. The highest BCUT2D eigenvalue weighted by atomic mass is 28.4. The molecule has 0 bridgehead atoms. The van der Waals surface area contributed by atoms with Crippen LogP contribution in [0.15, 0.2) is 30.3 Å². The van der Waals surface area contributed by atoms with Crippen molar-refractivity contribution >= 4 is 14.1 Å². The quantitative estimate of drug-likeness (QED) is 0.348. The fourth-order valence-corrected chi connectivity index (χ4v) is 4.75. The Labute approximate surface area is 187 Å². The summed E-state index contributed by atoms with van der Waals surface area (Å²) in [5.74, 6) is 0.526. The molecule has 30 heavy (non-hydrogen) atoms. The molecule has 1 aromatic rings. The molecule has 0 aliphatic heterocycles. The van der Waals surface area contributed by atoms with Crippen molar-refractivity contribution < 1.29 is 14.0 Å². The van der Waals surface area contributed by atoms with Gasteiger partial charge in [-0.15, -0.1) is 0 Å². The molecular weight excluding hydrogens is 388 g/mol. The maximum absolute atomic E-state index is 13.5. The van der Waals surface area contributed by atoms with Crippen molar-refractivity contribution in [1.29, 1.82) is 0 Å². The number of rotatable bonds is 11. The Morgan fingerprint density at radius 2 is 1.50 bits per heavy atom. The molecule has 0 aliphatic rings. The monoisotopic (exact) mass is 434 g/mol. The molecule has 0 heterocycles. The minimum Gasteiger partial charge on any atom is -0.413 e. The number of ketones is 1. The minimum atomic E-state index is -2.04. The molecule has 0 N–H and O–H groups in total. The SMILES string of the molecule is CC(C)C(C)(C)C(=O)[C@H](C)[C@@H](O[Si](C)(C)C(C)(C)C)[C@@H](C)COCc1ccccc1. The van der Waals surface area contributed by atoms with Gasteiger partial charge in [0.1, 0.15) is 5.78 Å². The van der Waals surface area contributed by atoms with Crippen molar-refractivity contribution in [3.63, 3.8) is 0 Å². The zero-order valence-corrected chi connectivity index (χ0v) is 22.3. The van der Waals surface area contributed by atoms with Crippen LogP contribution >= 0.6 is 0 Å². The molecule has 3 nitrogen and oxygen atoms in total. The normalized spacial score (nSPS) is 16.4. The molecule has 0 radical (unpaired) electrons. The molecule has 3 atom stereocenters. The van der Waals surface area contributed by atoms with Gasteiger partial charge in [-0.3, -0.25) is 4.79 Å². The third-order valence-corrected chi connectivity index (χ3v) is 11.7. The molecular formula is C26H46O3Si. The molecule has 0 aliphatic carbocycles. The fraction of sp³-hybridized carbons (Fsp3) is 0.731. The highest BCUT2D eigenvalue weighted by Crippen LogP contribution is 2.41. The topological polar surface area (TPSA) is 35.5 Å². The standard InChI is InChI=1S/C26H46O3Si/c1-19(2)26(8,9)24(27)21(4)23(29-30(10,11)25(5,6)7)20(3)17-28-18-22-15-13-12-14-16-22/h12-16,19-21,23H,17-18H2,1-11H3/t20-,21+,23-/m0/s1. The summed E-state index contributed by atoms with van der Waals surface area (Å²) in [6.45, 7) is 25.0. The lowest BCUT2D eigenvalue weighted by molar-refractivity contribution is -0.137. The highest BCUT2D eigenvalue weighted by Gasteiger charge is 2.45. The van der Waals surface area contributed by atoms with E-state index in [1.165, 1.54) is 0 Å². The van der Waals surface area contributed by atoms with E-state index in [4.69, 9.17) is 9.16 Å². The lowest BCUT2D eigenvalue weighted by Crippen LogP contribution is -2.51. The van der Waals surface area contributed by atoms with E-state index in [1.54, 1.807) is 0 Å². The maximum atomic E-state index is 13.5.